The Bertz CT molecular complexity index is 922. The topological polar surface area (TPSA) is 21.7 Å². The Balaban J connectivity index is 2.69. The molecule has 1 heterocycles. The molecule has 0 aromatic heterocycles. The summed E-state index contributed by atoms with van der Waals surface area (Å²) in [4.78, 5) is 0.340. The van der Waals surface area contributed by atoms with Gasteiger partial charge in [-0.3, -0.25) is 0 Å². The van der Waals surface area contributed by atoms with Crippen LogP contribution in [0.4, 0.5) is 57.1 Å². The van der Waals surface area contributed by atoms with Gasteiger partial charge in [-0.2, -0.15) is 57.1 Å². The van der Waals surface area contributed by atoms with Crippen LogP contribution >= 0.6 is 0 Å². The van der Waals surface area contributed by atoms with E-state index < -0.39 is 73.4 Å². The second kappa shape index (κ2) is 9.24. The predicted molar refractivity (Wildman–Crippen MR) is 94.2 cm³/mol. The average Bonchev–Trinajstić information content (AvgIpc) is 2.76. The molecule has 1 aromatic carbocycles. The molecule has 0 aliphatic carbocycles. The van der Waals surface area contributed by atoms with Gasteiger partial charge in [-0.15, -0.1) is 0 Å². The van der Waals surface area contributed by atoms with E-state index in [0.717, 1.165) is 25.3 Å². The zero-order valence-electron chi connectivity index (χ0n) is 17.4. The molecule has 0 N–H and O–H groups in total. The van der Waals surface area contributed by atoms with Crippen molar-refractivity contribution < 1.29 is 66.5 Å². The fraction of sp³-hybridized carbons (Fsp3) is 0.579. The van der Waals surface area contributed by atoms with Gasteiger partial charge in [0.25, 0.3) is 0 Å². The van der Waals surface area contributed by atoms with Crippen LogP contribution in [0.15, 0.2) is 30.0 Å². The highest BCUT2D eigenvalue weighted by Crippen LogP contribution is 2.61. The van der Waals surface area contributed by atoms with Gasteiger partial charge >= 0.3 is 35.8 Å². The quantitative estimate of drug-likeness (QED) is 0.374. The molecule has 0 spiro atoms. The van der Waals surface area contributed by atoms with Crippen LogP contribution in [0, 0.1) is 0 Å². The summed E-state index contributed by atoms with van der Waals surface area (Å²) in [5.41, 5.74) is -2.43. The van der Waals surface area contributed by atoms with Gasteiger partial charge in [0, 0.05) is 13.1 Å². The monoisotopic (exact) mass is 537 g/mol. The lowest BCUT2D eigenvalue weighted by Crippen LogP contribution is -2.70. The molecular formula is C19H16F13NO2. The Labute approximate surface area is 189 Å². The standard InChI is InChI=1S/C19H16F13NO2/c1-34-12-4-2-3-11(9-12)10-13(33-5-7-35-8-6-33)14(20,21)15(22,23)16(24,25)17(26,27)18(28,29)19(30,31)32/h2-4,9-10H,5-8H2,1H3/b13-10-. The van der Waals surface area contributed by atoms with Crippen molar-refractivity contribution in [2.24, 2.45) is 0 Å². The molecule has 0 amide bonds. The third kappa shape index (κ3) is 4.72. The average molecular weight is 537 g/mol. The number of allylic oxidation sites excluding steroid dienone is 1. The summed E-state index contributed by atoms with van der Waals surface area (Å²) >= 11 is 0. The number of benzene rings is 1. The van der Waals surface area contributed by atoms with Crippen LogP contribution in [0.25, 0.3) is 6.08 Å². The second-order valence-corrected chi connectivity index (χ2v) is 7.28. The van der Waals surface area contributed by atoms with Crippen LogP contribution in [-0.4, -0.2) is 74.1 Å². The van der Waals surface area contributed by atoms with E-state index in [-0.39, 0.29) is 11.8 Å². The van der Waals surface area contributed by atoms with Crippen molar-refractivity contribution >= 4 is 6.08 Å². The zero-order valence-corrected chi connectivity index (χ0v) is 17.4. The summed E-state index contributed by atoms with van der Waals surface area (Å²) in [6.07, 6.45) is -7.29. The van der Waals surface area contributed by atoms with E-state index in [4.69, 9.17) is 9.47 Å². The summed E-state index contributed by atoms with van der Waals surface area (Å²) in [7, 11) is 1.12. The number of hydrogen-bond donors (Lipinski definition) is 0. The van der Waals surface area contributed by atoms with Crippen LogP contribution in [0.1, 0.15) is 5.56 Å². The Morgan fingerprint density at radius 2 is 1.31 bits per heavy atom. The molecule has 16 heteroatoms. The highest BCUT2D eigenvalue weighted by Gasteiger charge is 2.91. The molecule has 0 atom stereocenters. The number of methoxy groups -OCH3 is 1. The Kier molecular flexibility index (Phi) is 7.62. The number of rotatable bonds is 8. The van der Waals surface area contributed by atoms with Crippen molar-refractivity contribution in [3.8, 4) is 5.75 Å². The lowest BCUT2D eigenvalue weighted by atomic mass is 9.91. The molecule has 200 valence electrons. The highest BCUT2D eigenvalue weighted by atomic mass is 19.4. The molecule has 1 aliphatic rings. The van der Waals surface area contributed by atoms with Crippen molar-refractivity contribution in [2.75, 3.05) is 33.4 Å². The SMILES string of the molecule is COc1cccc(/C=C(\N2CCOCC2)C(F)(F)C(F)(F)C(F)(F)C(F)(F)C(F)(F)C(F)(F)F)c1. The first kappa shape index (κ1) is 28.8. The largest absolute Gasteiger partial charge is 0.497 e. The minimum Gasteiger partial charge on any atom is -0.497 e. The minimum atomic E-state index is -7.96. The molecule has 1 aliphatic heterocycles. The number of alkyl halides is 13. The third-order valence-electron chi connectivity index (χ3n) is 5.00. The summed E-state index contributed by atoms with van der Waals surface area (Å²) in [6.45, 7) is -2.12. The first-order valence-electron chi connectivity index (χ1n) is 9.40. The molecule has 0 unspecified atom stereocenters. The highest BCUT2D eigenvalue weighted by molar-refractivity contribution is 5.57. The number of nitrogens with zero attached hydrogens (tertiary/aromatic N) is 1. The van der Waals surface area contributed by atoms with Crippen molar-refractivity contribution in [3.05, 3.63) is 35.5 Å². The molecular weight excluding hydrogens is 521 g/mol. The molecule has 0 radical (unpaired) electrons. The van der Waals surface area contributed by atoms with Gasteiger partial charge in [0.2, 0.25) is 0 Å². The fourth-order valence-electron chi connectivity index (χ4n) is 3.00. The summed E-state index contributed by atoms with van der Waals surface area (Å²) in [5, 5.41) is 0. The number of morpholine rings is 1. The van der Waals surface area contributed by atoms with Crippen LogP contribution < -0.4 is 4.74 Å². The first-order valence-corrected chi connectivity index (χ1v) is 9.40. The van der Waals surface area contributed by atoms with Crippen LogP contribution in [0.5, 0.6) is 5.75 Å². The number of ether oxygens (including phenoxy) is 2. The molecule has 1 fully saturated rings. The summed E-state index contributed by atoms with van der Waals surface area (Å²) in [6, 6.07) is 4.39. The first-order chi connectivity index (χ1) is 15.8. The number of halogens is 13. The summed E-state index contributed by atoms with van der Waals surface area (Å²) < 4.78 is 187. The Hall–Kier alpha value is -2.39. The molecule has 0 saturated carbocycles. The van der Waals surface area contributed by atoms with E-state index in [0.29, 0.717) is 4.90 Å². The lowest BCUT2D eigenvalue weighted by molar-refractivity contribution is -0.437. The maximum absolute atomic E-state index is 15.0. The second-order valence-electron chi connectivity index (χ2n) is 7.28. The van der Waals surface area contributed by atoms with E-state index in [2.05, 4.69) is 0 Å². The van der Waals surface area contributed by atoms with Crippen molar-refractivity contribution in [1.82, 2.24) is 4.90 Å². The number of hydrogen-bond acceptors (Lipinski definition) is 3. The van der Waals surface area contributed by atoms with Gasteiger partial charge in [0.15, 0.2) is 0 Å². The van der Waals surface area contributed by atoms with E-state index in [9.17, 15) is 57.1 Å². The maximum Gasteiger partial charge on any atom is 0.460 e. The minimum absolute atomic E-state index is 0.0307. The zero-order chi connectivity index (χ0) is 27.1. The van der Waals surface area contributed by atoms with E-state index in [1.165, 1.54) is 6.07 Å². The van der Waals surface area contributed by atoms with Crippen molar-refractivity contribution in [1.29, 1.82) is 0 Å². The fourth-order valence-corrected chi connectivity index (χ4v) is 3.00. The molecule has 3 nitrogen and oxygen atoms in total. The van der Waals surface area contributed by atoms with E-state index in [1.54, 1.807) is 0 Å². The smallest absolute Gasteiger partial charge is 0.460 e. The molecule has 0 bridgehead atoms. The predicted octanol–water partition coefficient (Wildman–Crippen LogP) is 6.11. The van der Waals surface area contributed by atoms with Gasteiger partial charge in [-0.1, -0.05) is 12.1 Å². The van der Waals surface area contributed by atoms with Crippen LogP contribution in [-0.2, 0) is 4.74 Å². The molecule has 1 saturated heterocycles. The van der Waals surface area contributed by atoms with Gasteiger partial charge < -0.3 is 14.4 Å². The summed E-state index contributed by atoms with van der Waals surface area (Å²) in [5.74, 6) is -37.4. The molecule has 1 aromatic rings. The molecule has 35 heavy (non-hydrogen) atoms. The Morgan fingerprint density at radius 3 is 1.80 bits per heavy atom. The van der Waals surface area contributed by atoms with Crippen molar-refractivity contribution in [2.45, 2.75) is 35.8 Å². The van der Waals surface area contributed by atoms with Crippen molar-refractivity contribution in [3.63, 3.8) is 0 Å². The van der Waals surface area contributed by atoms with E-state index >= 15 is 0 Å². The Morgan fingerprint density at radius 1 is 0.800 bits per heavy atom. The molecule has 2 rings (SSSR count). The lowest BCUT2D eigenvalue weighted by Gasteiger charge is -2.42. The van der Waals surface area contributed by atoms with E-state index in [1.807, 2.05) is 0 Å². The van der Waals surface area contributed by atoms with Gasteiger partial charge in [0.05, 0.1) is 26.0 Å². The normalized spacial score (nSPS) is 17.5. The van der Waals surface area contributed by atoms with Crippen LogP contribution in [0.3, 0.4) is 0 Å². The van der Waals surface area contributed by atoms with Gasteiger partial charge in [-0.05, 0) is 23.8 Å². The van der Waals surface area contributed by atoms with Crippen LogP contribution in [0.2, 0.25) is 0 Å². The third-order valence-corrected chi connectivity index (χ3v) is 5.00. The maximum atomic E-state index is 15.0. The van der Waals surface area contributed by atoms with Gasteiger partial charge in [0.1, 0.15) is 5.75 Å². The van der Waals surface area contributed by atoms with Gasteiger partial charge in [-0.25, -0.2) is 0 Å².